The van der Waals surface area contributed by atoms with E-state index < -0.39 is 0 Å². The summed E-state index contributed by atoms with van der Waals surface area (Å²) in [5.74, 6) is 0.274. The van der Waals surface area contributed by atoms with Crippen LogP contribution in [0.4, 0.5) is 0 Å². The number of carbonyl (C=O) groups excluding carboxylic acids is 1. The number of nitrogens with zero attached hydrogens (tertiary/aromatic N) is 2. The second kappa shape index (κ2) is 9.11. The predicted octanol–water partition coefficient (Wildman–Crippen LogP) is 3.10. The lowest BCUT2D eigenvalue weighted by Gasteiger charge is -2.21. The quantitative estimate of drug-likeness (QED) is 0.470. The maximum atomic E-state index is 13.5. The van der Waals surface area contributed by atoms with E-state index in [1.54, 1.807) is 37.3 Å². The summed E-state index contributed by atoms with van der Waals surface area (Å²) >= 11 is 0. The Morgan fingerprint density at radius 1 is 1.06 bits per heavy atom. The summed E-state index contributed by atoms with van der Waals surface area (Å²) in [4.78, 5) is 34.7. The largest absolute Gasteiger partial charge is 0.451 e. The highest BCUT2D eigenvalue weighted by Gasteiger charge is 2.26. The van der Waals surface area contributed by atoms with Crippen molar-refractivity contribution in [3.8, 4) is 0 Å². The van der Waals surface area contributed by atoms with E-state index in [9.17, 15) is 9.59 Å². The van der Waals surface area contributed by atoms with Crippen LogP contribution in [0, 0.1) is 0 Å². The number of carbonyl (C=O) groups is 1. The van der Waals surface area contributed by atoms with E-state index in [-0.39, 0.29) is 30.4 Å². The van der Waals surface area contributed by atoms with E-state index >= 15 is 0 Å². The van der Waals surface area contributed by atoms with Gasteiger partial charge in [-0.25, -0.2) is 4.98 Å². The van der Waals surface area contributed by atoms with Gasteiger partial charge in [-0.3, -0.25) is 9.59 Å². The Labute approximate surface area is 178 Å². The molecule has 0 saturated heterocycles. The van der Waals surface area contributed by atoms with Gasteiger partial charge in [0.05, 0.1) is 30.7 Å². The molecule has 0 aliphatic carbocycles. The third-order valence-electron chi connectivity index (χ3n) is 5.04. The number of hydrogen-bond donors (Lipinski definition) is 1. The summed E-state index contributed by atoms with van der Waals surface area (Å²) in [5, 5.41) is 1.33. The summed E-state index contributed by atoms with van der Waals surface area (Å²) in [5.41, 5.74) is 1.63. The lowest BCUT2D eigenvalue weighted by atomic mass is 10.1. The van der Waals surface area contributed by atoms with Gasteiger partial charge in [0.15, 0.2) is 5.76 Å². The van der Waals surface area contributed by atoms with Crippen LogP contribution >= 0.6 is 0 Å². The summed E-state index contributed by atoms with van der Waals surface area (Å²) in [6.07, 6.45) is 0. The Balaban J connectivity index is 1.71. The first-order chi connectivity index (χ1) is 15.1. The minimum atomic E-state index is -0.323. The van der Waals surface area contributed by atoms with Crippen LogP contribution in [-0.4, -0.2) is 48.1 Å². The zero-order valence-corrected chi connectivity index (χ0v) is 17.4. The molecule has 0 aliphatic rings. The van der Waals surface area contributed by atoms with Crippen LogP contribution in [0.3, 0.4) is 0 Å². The van der Waals surface area contributed by atoms with Gasteiger partial charge in [0.1, 0.15) is 11.4 Å². The number of methoxy groups -OCH3 is 2. The minimum Gasteiger partial charge on any atom is -0.451 e. The van der Waals surface area contributed by atoms with Crippen molar-refractivity contribution in [1.82, 2.24) is 14.9 Å². The van der Waals surface area contributed by atoms with Gasteiger partial charge >= 0.3 is 0 Å². The minimum absolute atomic E-state index is 0.103. The summed E-state index contributed by atoms with van der Waals surface area (Å²) < 4.78 is 16.4. The lowest BCUT2D eigenvalue weighted by molar-refractivity contribution is 0.0640. The Kier molecular flexibility index (Phi) is 6.11. The zero-order chi connectivity index (χ0) is 21.8. The van der Waals surface area contributed by atoms with Crippen molar-refractivity contribution in [1.29, 1.82) is 0 Å². The van der Waals surface area contributed by atoms with Crippen molar-refractivity contribution in [3.05, 3.63) is 76.0 Å². The monoisotopic (exact) mass is 421 g/mol. The summed E-state index contributed by atoms with van der Waals surface area (Å²) in [6.45, 7) is 0.964. The molecule has 2 aromatic carbocycles. The first-order valence-corrected chi connectivity index (χ1v) is 9.88. The Hall–Kier alpha value is -3.49. The maximum Gasteiger partial charge on any atom is 0.290 e. The summed E-state index contributed by atoms with van der Waals surface area (Å²) in [7, 11) is 3.14. The van der Waals surface area contributed by atoms with E-state index in [2.05, 4.69) is 9.97 Å². The van der Waals surface area contributed by atoms with Crippen LogP contribution < -0.4 is 5.56 Å². The molecule has 4 rings (SSSR count). The van der Waals surface area contributed by atoms with Gasteiger partial charge in [-0.2, -0.15) is 0 Å². The highest BCUT2D eigenvalue weighted by molar-refractivity contribution is 5.99. The van der Waals surface area contributed by atoms with Gasteiger partial charge in [0.2, 0.25) is 0 Å². The second-order valence-electron chi connectivity index (χ2n) is 7.09. The number of ether oxygens (including phenoxy) is 2. The molecule has 0 radical (unpaired) electrons. The number of hydrogen-bond acceptors (Lipinski definition) is 6. The number of amides is 1. The number of furan rings is 1. The van der Waals surface area contributed by atoms with Crippen molar-refractivity contribution < 1.29 is 18.7 Å². The number of aromatic amines is 1. The summed E-state index contributed by atoms with van der Waals surface area (Å²) in [6, 6.07) is 14.5. The molecule has 0 aliphatic heterocycles. The first kappa shape index (κ1) is 20.8. The van der Waals surface area contributed by atoms with Crippen LogP contribution in [0.15, 0.2) is 57.7 Å². The number of aromatic nitrogens is 2. The highest BCUT2D eigenvalue weighted by Crippen LogP contribution is 2.28. The van der Waals surface area contributed by atoms with Gasteiger partial charge < -0.3 is 23.8 Å². The smallest absolute Gasteiger partial charge is 0.290 e. The van der Waals surface area contributed by atoms with E-state index in [1.807, 2.05) is 30.3 Å². The molecular weight excluding hydrogens is 398 g/mol. The van der Waals surface area contributed by atoms with Gasteiger partial charge in [0.25, 0.3) is 11.5 Å². The van der Waals surface area contributed by atoms with Crippen molar-refractivity contribution in [3.63, 3.8) is 0 Å². The molecule has 2 aromatic heterocycles. The molecule has 0 fully saturated rings. The molecule has 8 heteroatoms. The van der Waals surface area contributed by atoms with Gasteiger partial charge in [-0.05, 0) is 18.2 Å². The van der Waals surface area contributed by atoms with E-state index in [1.165, 1.54) is 0 Å². The molecule has 4 aromatic rings. The lowest BCUT2D eigenvalue weighted by Crippen LogP contribution is -2.35. The van der Waals surface area contributed by atoms with Crippen LogP contribution in [0.25, 0.3) is 21.9 Å². The number of benzene rings is 2. The van der Waals surface area contributed by atoms with Crippen LogP contribution in [0.1, 0.15) is 21.9 Å². The van der Waals surface area contributed by atoms with E-state index in [0.717, 1.165) is 5.39 Å². The van der Waals surface area contributed by atoms with Crippen LogP contribution in [-0.2, 0) is 22.6 Å². The molecule has 0 spiro atoms. The average Bonchev–Trinajstić information content (AvgIpc) is 3.15. The highest BCUT2D eigenvalue weighted by atomic mass is 16.5. The van der Waals surface area contributed by atoms with Crippen molar-refractivity contribution in [2.45, 2.75) is 13.2 Å². The molecule has 8 nitrogen and oxygen atoms in total. The Morgan fingerprint density at radius 2 is 1.81 bits per heavy atom. The molecule has 1 amide bonds. The second-order valence-corrected chi connectivity index (χ2v) is 7.09. The molecule has 0 atom stereocenters. The third-order valence-corrected chi connectivity index (χ3v) is 5.04. The fourth-order valence-corrected chi connectivity index (χ4v) is 3.55. The first-order valence-electron chi connectivity index (χ1n) is 9.88. The molecular formula is C23H23N3O5. The number of fused-ring (bicyclic) bond motifs is 2. The zero-order valence-electron chi connectivity index (χ0n) is 17.4. The van der Waals surface area contributed by atoms with Crippen molar-refractivity contribution in [2.75, 3.05) is 27.4 Å². The SMILES string of the molecule is COCCN(Cc1nc2ccccc2c(=O)[nH]1)C(=O)c1oc2ccccc2c1COC. The fraction of sp³-hybridized carbons (Fsp3) is 0.261. The van der Waals surface area contributed by atoms with Gasteiger partial charge in [-0.1, -0.05) is 30.3 Å². The van der Waals surface area contributed by atoms with Crippen LogP contribution in [0.5, 0.6) is 0 Å². The fourth-order valence-electron chi connectivity index (χ4n) is 3.55. The molecule has 1 N–H and O–H groups in total. The molecule has 2 heterocycles. The molecule has 160 valence electrons. The molecule has 0 bridgehead atoms. The predicted molar refractivity (Wildman–Crippen MR) is 116 cm³/mol. The normalized spacial score (nSPS) is 11.3. The number of nitrogens with one attached hydrogen (secondary N) is 1. The Bertz CT molecular complexity index is 1280. The van der Waals surface area contributed by atoms with E-state index in [4.69, 9.17) is 13.9 Å². The van der Waals surface area contributed by atoms with Gasteiger partial charge in [-0.15, -0.1) is 0 Å². The third kappa shape index (κ3) is 4.21. The van der Waals surface area contributed by atoms with Crippen LogP contribution in [0.2, 0.25) is 0 Å². The number of H-pyrrole nitrogens is 1. The average molecular weight is 421 g/mol. The van der Waals surface area contributed by atoms with Gasteiger partial charge in [0, 0.05) is 31.7 Å². The molecule has 0 saturated carbocycles. The van der Waals surface area contributed by atoms with Crippen molar-refractivity contribution in [2.24, 2.45) is 0 Å². The van der Waals surface area contributed by atoms with Crippen molar-refractivity contribution >= 4 is 27.8 Å². The maximum absolute atomic E-state index is 13.5. The topological polar surface area (TPSA) is 97.7 Å². The standard InChI is InChI=1S/C23H23N3O5/c1-29-12-11-26(13-20-24-18-9-5-3-8-16(18)22(27)25-20)23(28)21-17(14-30-2)15-7-4-6-10-19(15)31-21/h3-10H,11-14H2,1-2H3,(H,24,25,27). The Morgan fingerprint density at radius 3 is 2.58 bits per heavy atom. The number of para-hydroxylation sites is 2. The number of rotatable bonds is 8. The van der Waals surface area contributed by atoms with E-state index in [0.29, 0.717) is 41.0 Å². The molecule has 31 heavy (non-hydrogen) atoms. The molecule has 0 unspecified atom stereocenters.